The van der Waals surface area contributed by atoms with E-state index < -0.39 is 34.6 Å². The normalized spacial score (nSPS) is 10.4. The van der Waals surface area contributed by atoms with Gasteiger partial charge in [-0.2, -0.15) is 0 Å². The van der Waals surface area contributed by atoms with Gasteiger partial charge in [0.2, 0.25) is 0 Å². The summed E-state index contributed by atoms with van der Waals surface area (Å²) in [7, 11) is 0. The van der Waals surface area contributed by atoms with Crippen molar-refractivity contribution in [3.8, 4) is 46.0 Å². The number of aromatic hydroxyl groups is 8. The van der Waals surface area contributed by atoms with Gasteiger partial charge in [0, 0.05) is 37.1 Å². The highest BCUT2D eigenvalue weighted by Gasteiger charge is 2.18. The van der Waals surface area contributed by atoms with Gasteiger partial charge in [-0.1, -0.05) is 24.3 Å². The molecule has 4 aromatic rings. The first kappa shape index (κ1) is 29.2. The molecule has 0 atom stereocenters. The number of benzene rings is 4. The molecule has 0 heterocycles. The Hall–Kier alpha value is -5.38. The van der Waals surface area contributed by atoms with E-state index in [4.69, 9.17) is 10.2 Å². The van der Waals surface area contributed by atoms with Crippen molar-refractivity contribution >= 4 is 11.6 Å². The van der Waals surface area contributed by atoms with Crippen LogP contribution < -0.4 is 0 Å². The molecule has 0 spiro atoms. The molecule has 0 aliphatic rings. The number of phenolic OH excluding ortho intramolecular Hbond substituents is 8. The van der Waals surface area contributed by atoms with E-state index in [9.17, 15) is 40.2 Å². The van der Waals surface area contributed by atoms with E-state index in [1.165, 1.54) is 24.3 Å². The van der Waals surface area contributed by atoms with Crippen molar-refractivity contribution in [2.75, 3.05) is 0 Å². The Bertz CT molecular complexity index is 1330. The molecule has 0 aliphatic heterocycles. The van der Waals surface area contributed by atoms with Crippen molar-refractivity contribution in [2.24, 2.45) is 0 Å². The highest BCUT2D eigenvalue weighted by molar-refractivity contribution is 6.02. The number of hydrogen-bond donors (Lipinski definition) is 8. The molecule has 10 heteroatoms. The van der Waals surface area contributed by atoms with Gasteiger partial charge in [-0.05, 0) is 48.2 Å². The van der Waals surface area contributed by atoms with Gasteiger partial charge in [-0.15, -0.1) is 0 Å². The Morgan fingerprint density at radius 2 is 0.700 bits per heavy atom. The van der Waals surface area contributed by atoms with Crippen LogP contribution >= 0.6 is 0 Å². The molecule has 0 saturated heterocycles. The third kappa shape index (κ3) is 7.81. The lowest BCUT2D eigenvalue weighted by molar-refractivity contribution is 0.0968. The number of ketones is 2. The van der Waals surface area contributed by atoms with Gasteiger partial charge in [-0.25, -0.2) is 0 Å². The second kappa shape index (κ2) is 12.9. The number of carbonyl (C=O) groups excluding carboxylic acids is 2. The number of aryl methyl sites for hydroxylation is 2. The zero-order valence-corrected chi connectivity index (χ0v) is 21.2. The molecule has 0 amide bonds. The van der Waals surface area contributed by atoms with Gasteiger partial charge in [0.15, 0.2) is 11.6 Å². The van der Waals surface area contributed by atoms with Gasteiger partial charge >= 0.3 is 0 Å². The van der Waals surface area contributed by atoms with Gasteiger partial charge in [0.1, 0.15) is 57.1 Å². The minimum absolute atomic E-state index is 0.0939. The fraction of sp³-hybridized carbons (Fsp3) is 0.133. The zero-order chi connectivity index (χ0) is 29.4. The van der Waals surface area contributed by atoms with Gasteiger partial charge in [0.25, 0.3) is 0 Å². The molecule has 0 unspecified atom stereocenters. The Balaban J connectivity index is 0.000000220. The number of hydrogen-bond acceptors (Lipinski definition) is 10. The highest BCUT2D eigenvalue weighted by Crippen LogP contribution is 2.34. The average Bonchev–Trinajstić information content (AvgIpc) is 2.87. The summed E-state index contributed by atoms with van der Waals surface area (Å²) >= 11 is 0. The molecule has 0 aliphatic carbocycles. The van der Waals surface area contributed by atoms with Crippen LogP contribution in [0.1, 0.15) is 44.7 Å². The van der Waals surface area contributed by atoms with Crippen LogP contribution in [0.15, 0.2) is 72.8 Å². The summed E-state index contributed by atoms with van der Waals surface area (Å²) in [5.41, 5.74) is 1.32. The van der Waals surface area contributed by atoms with Crippen LogP contribution in [0.25, 0.3) is 0 Å². The predicted molar refractivity (Wildman–Crippen MR) is 144 cm³/mol. The fourth-order valence-electron chi connectivity index (χ4n) is 3.86. The van der Waals surface area contributed by atoms with Gasteiger partial charge in [-0.3, -0.25) is 9.59 Å². The Morgan fingerprint density at radius 1 is 0.425 bits per heavy atom. The van der Waals surface area contributed by atoms with Crippen molar-refractivity contribution in [3.05, 3.63) is 95.1 Å². The first-order valence-corrected chi connectivity index (χ1v) is 12.1. The fourth-order valence-corrected chi connectivity index (χ4v) is 3.86. The maximum Gasteiger partial charge on any atom is 0.170 e. The molecule has 0 fully saturated rings. The minimum atomic E-state index is -0.446. The molecule has 208 valence electrons. The topological polar surface area (TPSA) is 196 Å². The van der Waals surface area contributed by atoms with Crippen LogP contribution in [-0.2, 0) is 12.8 Å². The van der Waals surface area contributed by atoms with E-state index in [2.05, 4.69) is 0 Å². The summed E-state index contributed by atoms with van der Waals surface area (Å²) in [6, 6.07) is 16.9. The van der Waals surface area contributed by atoms with E-state index in [1.54, 1.807) is 24.3 Å². The van der Waals surface area contributed by atoms with Gasteiger partial charge < -0.3 is 40.9 Å². The lowest BCUT2D eigenvalue weighted by Crippen LogP contribution is -2.02. The highest BCUT2D eigenvalue weighted by atomic mass is 16.3. The standard InChI is InChI=1S/2C15H14O5/c2*16-10-4-1-9(2-5-10)3-6-12(18)15-13(19)7-11(17)8-14(15)20/h2*1-2,4-5,7-8,16-17,19-20H,3,6H2. The number of carbonyl (C=O) groups is 2. The summed E-state index contributed by atoms with van der Waals surface area (Å²) in [5.74, 6) is -2.96. The van der Waals surface area contributed by atoms with Crippen molar-refractivity contribution in [2.45, 2.75) is 25.7 Å². The SMILES string of the molecule is O=C(CCc1ccc(O)cc1)c1c(O)cc(O)cc1O.O=C(CCc1ccc(O)cc1)c1c(O)cc(O)cc1O. The molecular formula is C30H28O10. The van der Waals surface area contributed by atoms with E-state index in [-0.39, 0.29) is 47.0 Å². The average molecular weight is 549 g/mol. The monoisotopic (exact) mass is 548 g/mol. The van der Waals surface area contributed by atoms with Crippen LogP contribution in [0.2, 0.25) is 0 Å². The number of Topliss-reactive ketones (excluding diaryl/α,β-unsaturated/α-hetero) is 2. The largest absolute Gasteiger partial charge is 0.508 e. The van der Waals surface area contributed by atoms with E-state index in [0.717, 1.165) is 35.4 Å². The first-order valence-electron chi connectivity index (χ1n) is 12.1. The van der Waals surface area contributed by atoms with Crippen molar-refractivity contribution < 1.29 is 50.4 Å². The molecule has 0 bridgehead atoms. The van der Waals surface area contributed by atoms with Crippen LogP contribution in [-0.4, -0.2) is 52.4 Å². The smallest absolute Gasteiger partial charge is 0.170 e. The molecule has 10 nitrogen and oxygen atoms in total. The molecule has 0 saturated carbocycles. The summed E-state index contributed by atoms with van der Waals surface area (Å²) < 4.78 is 0. The van der Waals surface area contributed by atoms with Crippen molar-refractivity contribution in [3.63, 3.8) is 0 Å². The van der Waals surface area contributed by atoms with Crippen molar-refractivity contribution in [1.29, 1.82) is 0 Å². The summed E-state index contributed by atoms with van der Waals surface area (Å²) in [5, 5.41) is 75.1. The Kier molecular flexibility index (Phi) is 9.43. The van der Waals surface area contributed by atoms with Crippen LogP contribution in [0.3, 0.4) is 0 Å². The van der Waals surface area contributed by atoms with Gasteiger partial charge in [0.05, 0.1) is 0 Å². The second-order valence-electron chi connectivity index (χ2n) is 8.90. The summed E-state index contributed by atoms with van der Waals surface area (Å²) in [6.07, 6.45) is 1.02. The predicted octanol–water partition coefficient (Wildman–Crippen LogP) is 4.65. The Morgan fingerprint density at radius 3 is 0.975 bits per heavy atom. The first-order chi connectivity index (χ1) is 18.9. The van der Waals surface area contributed by atoms with E-state index in [0.29, 0.717) is 12.8 Å². The molecular weight excluding hydrogens is 520 g/mol. The third-order valence-corrected chi connectivity index (χ3v) is 5.87. The summed E-state index contributed by atoms with van der Waals surface area (Å²) in [4.78, 5) is 24.0. The van der Waals surface area contributed by atoms with Crippen LogP contribution in [0.5, 0.6) is 46.0 Å². The van der Waals surface area contributed by atoms with Crippen molar-refractivity contribution in [1.82, 2.24) is 0 Å². The maximum absolute atomic E-state index is 12.0. The van der Waals surface area contributed by atoms with Crippen LogP contribution in [0.4, 0.5) is 0 Å². The van der Waals surface area contributed by atoms with E-state index >= 15 is 0 Å². The lowest BCUT2D eigenvalue weighted by atomic mass is 10.0. The summed E-state index contributed by atoms with van der Waals surface area (Å²) in [6.45, 7) is 0. The second-order valence-corrected chi connectivity index (χ2v) is 8.90. The lowest BCUT2D eigenvalue weighted by Gasteiger charge is -2.07. The molecule has 4 rings (SSSR count). The number of phenols is 8. The van der Waals surface area contributed by atoms with E-state index in [1.807, 2.05) is 0 Å². The molecule has 8 N–H and O–H groups in total. The quantitative estimate of drug-likeness (QED) is 0.144. The maximum atomic E-state index is 12.0. The molecule has 4 aromatic carbocycles. The number of rotatable bonds is 8. The molecule has 0 aromatic heterocycles. The molecule has 0 radical (unpaired) electrons. The van der Waals surface area contributed by atoms with Crippen LogP contribution in [0, 0.1) is 0 Å². The Labute approximate surface area is 228 Å². The minimum Gasteiger partial charge on any atom is -0.508 e. The zero-order valence-electron chi connectivity index (χ0n) is 21.2. The third-order valence-electron chi connectivity index (χ3n) is 5.87. The molecule has 40 heavy (non-hydrogen) atoms.